The van der Waals surface area contributed by atoms with Crippen molar-refractivity contribution in [2.24, 2.45) is 0 Å². The molecule has 2 saturated heterocycles. The highest BCUT2D eigenvalue weighted by molar-refractivity contribution is 7.80. The number of rotatable bonds is 7. The molecule has 0 saturated carbocycles. The fraction of sp³-hybridized carbons (Fsp3) is 0.393. The van der Waals surface area contributed by atoms with E-state index in [4.69, 9.17) is 21.9 Å². The smallest absolute Gasteiger partial charge is 0.234 e. The van der Waals surface area contributed by atoms with Crippen molar-refractivity contribution >= 4 is 34.8 Å². The Balaban J connectivity index is 1.26. The van der Waals surface area contributed by atoms with Gasteiger partial charge >= 0.3 is 0 Å². The van der Waals surface area contributed by atoms with Gasteiger partial charge in [-0.15, -0.1) is 0 Å². The Hall–Kier alpha value is -3.39. The molecule has 0 unspecified atom stereocenters. The van der Waals surface area contributed by atoms with Crippen molar-refractivity contribution in [2.45, 2.75) is 51.6 Å². The minimum Gasteiger partial charge on any atom is -0.439 e. The Labute approximate surface area is 218 Å². The second-order valence-electron chi connectivity index (χ2n) is 9.51. The Bertz CT molecular complexity index is 1150. The minimum absolute atomic E-state index is 0.416. The van der Waals surface area contributed by atoms with Gasteiger partial charge in [-0.1, -0.05) is 30.3 Å². The zero-order valence-corrected chi connectivity index (χ0v) is 21.6. The Morgan fingerprint density at radius 2 is 1.72 bits per heavy atom. The maximum absolute atomic E-state index is 6.06. The number of anilines is 3. The maximum Gasteiger partial charge on any atom is 0.234 e. The lowest BCUT2D eigenvalue weighted by atomic mass is 10.0. The lowest BCUT2D eigenvalue weighted by molar-refractivity contribution is 0.457. The summed E-state index contributed by atoms with van der Waals surface area (Å²) in [5.74, 6) is 2.51. The van der Waals surface area contributed by atoms with Gasteiger partial charge < -0.3 is 25.2 Å². The van der Waals surface area contributed by atoms with Gasteiger partial charge in [-0.2, -0.15) is 9.97 Å². The normalized spacial score (nSPS) is 17.6. The molecule has 2 aliphatic heterocycles. The SMILES string of the molecule is C[C@H]1CCCCN1c1cc(Oc2ccccc2)nc(NC(=S)NCc2ccc(N3CCCC3)cc2)n1. The van der Waals surface area contributed by atoms with Gasteiger partial charge in [0.05, 0.1) is 0 Å². The van der Waals surface area contributed by atoms with Crippen molar-refractivity contribution in [1.29, 1.82) is 0 Å². The number of para-hydroxylation sites is 1. The van der Waals surface area contributed by atoms with E-state index < -0.39 is 0 Å². The number of hydrogen-bond donors (Lipinski definition) is 2. The molecule has 7 nitrogen and oxygen atoms in total. The van der Waals surface area contributed by atoms with Gasteiger partial charge in [0, 0.05) is 44.0 Å². The molecule has 2 aromatic carbocycles. The van der Waals surface area contributed by atoms with E-state index in [1.807, 2.05) is 36.4 Å². The molecule has 1 atom stereocenters. The molecule has 0 radical (unpaired) electrons. The molecule has 1 aromatic heterocycles. The third-order valence-electron chi connectivity index (χ3n) is 6.84. The van der Waals surface area contributed by atoms with Crippen molar-refractivity contribution in [3.63, 3.8) is 0 Å². The molecule has 2 N–H and O–H groups in total. The molecule has 0 spiro atoms. The van der Waals surface area contributed by atoms with Gasteiger partial charge in [0.2, 0.25) is 11.8 Å². The highest BCUT2D eigenvalue weighted by Gasteiger charge is 2.22. The summed E-state index contributed by atoms with van der Waals surface area (Å²) in [7, 11) is 0. The van der Waals surface area contributed by atoms with Gasteiger partial charge in [-0.3, -0.25) is 0 Å². The van der Waals surface area contributed by atoms with Crippen LogP contribution in [0.5, 0.6) is 11.6 Å². The van der Waals surface area contributed by atoms with Crippen molar-refractivity contribution in [3.8, 4) is 11.6 Å². The lowest BCUT2D eigenvalue weighted by Crippen LogP contribution is -2.38. The van der Waals surface area contributed by atoms with Crippen LogP contribution in [-0.2, 0) is 6.54 Å². The summed E-state index contributed by atoms with van der Waals surface area (Å²) in [5, 5.41) is 6.94. The predicted octanol–water partition coefficient (Wildman–Crippen LogP) is 5.73. The van der Waals surface area contributed by atoms with Crippen molar-refractivity contribution in [1.82, 2.24) is 15.3 Å². The van der Waals surface area contributed by atoms with Crippen LogP contribution in [0.15, 0.2) is 60.7 Å². The average molecular weight is 503 g/mol. The van der Waals surface area contributed by atoms with Crippen LogP contribution in [0, 0.1) is 0 Å². The highest BCUT2D eigenvalue weighted by atomic mass is 32.1. The fourth-order valence-electron chi connectivity index (χ4n) is 4.84. The van der Waals surface area contributed by atoms with E-state index in [0.717, 1.165) is 44.0 Å². The van der Waals surface area contributed by atoms with E-state index in [1.54, 1.807) is 0 Å². The van der Waals surface area contributed by atoms with Crippen molar-refractivity contribution in [3.05, 3.63) is 66.2 Å². The van der Waals surface area contributed by atoms with Crippen LogP contribution in [0.3, 0.4) is 0 Å². The number of aromatic nitrogens is 2. The van der Waals surface area contributed by atoms with Gasteiger partial charge in [-0.05, 0) is 81.1 Å². The van der Waals surface area contributed by atoms with E-state index in [2.05, 4.69) is 56.6 Å². The van der Waals surface area contributed by atoms with Crippen LogP contribution >= 0.6 is 12.2 Å². The quantitative estimate of drug-likeness (QED) is 0.397. The largest absolute Gasteiger partial charge is 0.439 e. The molecule has 0 bridgehead atoms. The molecule has 2 fully saturated rings. The predicted molar refractivity (Wildman–Crippen MR) is 150 cm³/mol. The first-order valence-corrected chi connectivity index (χ1v) is 13.3. The van der Waals surface area contributed by atoms with Crippen LogP contribution in [-0.4, -0.2) is 40.8 Å². The first-order valence-electron chi connectivity index (χ1n) is 12.9. The van der Waals surface area contributed by atoms with E-state index in [1.165, 1.54) is 30.5 Å². The summed E-state index contributed by atoms with van der Waals surface area (Å²) >= 11 is 5.58. The van der Waals surface area contributed by atoms with Gasteiger partial charge in [0.25, 0.3) is 0 Å². The number of benzene rings is 2. The zero-order valence-electron chi connectivity index (χ0n) is 20.8. The lowest BCUT2D eigenvalue weighted by Gasteiger charge is -2.34. The highest BCUT2D eigenvalue weighted by Crippen LogP contribution is 2.29. The van der Waals surface area contributed by atoms with Crippen LogP contribution in [0.1, 0.15) is 44.6 Å². The van der Waals surface area contributed by atoms with Gasteiger partial charge in [-0.25, -0.2) is 0 Å². The first-order chi connectivity index (χ1) is 17.6. The Kier molecular flexibility index (Phi) is 7.81. The molecule has 36 heavy (non-hydrogen) atoms. The summed E-state index contributed by atoms with van der Waals surface area (Å²) in [5.41, 5.74) is 2.46. The number of ether oxygens (including phenoxy) is 1. The first kappa shape index (κ1) is 24.3. The molecule has 188 valence electrons. The van der Waals surface area contributed by atoms with E-state index in [0.29, 0.717) is 29.5 Å². The molecule has 0 amide bonds. The maximum atomic E-state index is 6.06. The van der Waals surface area contributed by atoms with E-state index >= 15 is 0 Å². The van der Waals surface area contributed by atoms with Crippen LogP contribution < -0.4 is 25.2 Å². The number of nitrogens with one attached hydrogen (secondary N) is 2. The summed E-state index contributed by atoms with van der Waals surface area (Å²) < 4.78 is 6.06. The van der Waals surface area contributed by atoms with Gasteiger partial charge in [0.15, 0.2) is 5.11 Å². The van der Waals surface area contributed by atoms with Crippen LogP contribution in [0.4, 0.5) is 17.5 Å². The summed E-state index contributed by atoms with van der Waals surface area (Å²) in [6.45, 7) is 6.14. The summed E-state index contributed by atoms with van der Waals surface area (Å²) in [6, 6.07) is 20.7. The number of nitrogens with zero attached hydrogens (tertiary/aromatic N) is 4. The topological polar surface area (TPSA) is 65.6 Å². The monoisotopic (exact) mass is 502 g/mol. The molecule has 0 aliphatic carbocycles. The average Bonchev–Trinajstić information content (AvgIpc) is 3.44. The third-order valence-corrected chi connectivity index (χ3v) is 7.08. The molecule has 3 aromatic rings. The second-order valence-corrected chi connectivity index (χ2v) is 9.92. The minimum atomic E-state index is 0.416. The molecular weight excluding hydrogens is 468 g/mol. The van der Waals surface area contributed by atoms with Crippen molar-refractivity contribution < 1.29 is 4.74 Å². The summed E-state index contributed by atoms with van der Waals surface area (Å²) in [4.78, 5) is 14.1. The fourth-order valence-corrected chi connectivity index (χ4v) is 5.01. The number of thiocarbonyl (C=S) groups is 1. The third kappa shape index (κ3) is 6.23. The Morgan fingerprint density at radius 1 is 0.972 bits per heavy atom. The standard InChI is InChI=1S/C28H34N6OS/c1-21-9-5-6-18-34(21)25-19-26(35-24-10-3-2-4-11-24)31-27(30-25)32-28(36)29-20-22-12-14-23(15-13-22)33-16-7-8-17-33/h2-4,10-15,19,21H,5-9,16-18,20H2,1H3,(H2,29,30,31,32,36)/t21-/m0/s1. The molecule has 8 heteroatoms. The van der Waals surface area contributed by atoms with E-state index in [9.17, 15) is 0 Å². The molecule has 3 heterocycles. The van der Waals surface area contributed by atoms with Crippen molar-refractivity contribution in [2.75, 3.05) is 34.8 Å². The molecule has 5 rings (SSSR count). The summed E-state index contributed by atoms with van der Waals surface area (Å²) in [6.07, 6.45) is 6.11. The van der Waals surface area contributed by atoms with Crippen LogP contribution in [0.25, 0.3) is 0 Å². The Morgan fingerprint density at radius 3 is 2.47 bits per heavy atom. The number of hydrogen-bond acceptors (Lipinski definition) is 6. The molecule has 2 aliphatic rings. The second kappa shape index (κ2) is 11.6. The molecular formula is C28H34N6OS. The number of piperidine rings is 1. The van der Waals surface area contributed by atoms with E-state index in [-0.39, 0.29) is 0 Å². The van der Waals surface area contributed by atoms with Gasteiger partial charge in [0.1, 0.15) is 11.6 Å². The zero-order chi connectivity index (χ0) is 24.7. The van der Waals surface area contributed by atoms with Crippen LogP contribution in [0.2, 0.25) is 0 Å².